The van der Waals surface area contributed by atoms with Crippen molar-refractivity contribution in [2.24, 2.45) is 0 Å². The van der Waals surface area contributed by atoms with Crippen LogP contribution in [0.4, 0.5) is 4.39 Å². The molecule has 0 bridgehead atoms. The normalized spacial score (nSPS) is 13.4. The maximum atomic E-state index is 13.2. The fourth-order valence-electron chi connectivity index (χ4n) is 3.15. The Labute approximate surface area is 122 Å². The van der Waals surface area contributed by atoms with E-state index >= 15 is 0 Å². The van der Waals surface area contributed by atoms with Crippen molar-refractivity contribution in [1.82, 2.24) is 9.55 Å². The highest BCUT2D eigenvalue weighted by Gasteiger charge is 2.21. The minimum Gasteiger partial charge on any atom is -0.344 e. The van der Waals surface area contributed by atoms with Gasteiger partial charge in [0.15, 0.2) is 0 Å². The molecular formula is C18H15FN2. The lowest BCUT2D eigenvalue weighted by Gasteiger charge is -2.10. The Bertz CT molecular complexity index is 773. The Morgan fingerprint density at radius 1 is 0.952 bits per heavy atom. The molecule has 3 aromatic rings. The summed E-state index contributed by atoms with van der Waals surface area (Å²) in [4.78, 5) is 4.09. The number of nitrogens with zero attached hydrogens (tertiary/aromatic N) is 2. The molecule has 0 aliphatic carbocycles. The number of hydrogen-bond acceptors (Lipinski definition) is 1. The second kappa shape index (κ2) is 4.85. The van der Waals surface area contributed by atoms with E-state index in [0.29, 0.717) is 0 Å². The molecule has 1 aliphatic rings. The van der Waals surface area contributed by atoms with Gasteiger partial charge in [0.1, 0.15) is 5.82 Å². The van der Waals surface area contributed by atoms with Gasteiger partial charge in [-0.3, -0.25) is 4.98 Å². The van der Waals surface area contributed by atoms with Crippen LogP contribution in [-0.4, -0.2) is 9.55 Å². The first-order valence-electron chi connectivity index (χ1n) is 7.22. The number of benzene rings is 1. The van der Waals surface area contributed by atoms with Gasteiger partial charge in [-0.2, -0.15) is 0 Å². The molecule has 2 nitrogen and oxygen atoms in total. The van der Waals surface area contributed by atoms with Crippen LogP contribution in [0.1, 0.15) is 12.1 Å². The quantitative estimate of drug-likeness (QED) is 0.683. The van der Waals surface area contributed by atoms with Gasteiger partial charge >= 0.3 is 0 Å². The van der Waals surface area contributed by atoms with Gasteiger partial charge in [0.25, 0.3) is 0 Å². The molecule has 0 radical (unpaired) electrons. The molecule has 4 rings (SSSR count). The Balaban J connectivity index is 1.94. The average molecular weight is 278 g/mol. The predicted molar refractivity (Wildman–Crippen MR) is 81.4 cm³/mol. The lowest BCUT2D eigenvalue weighted by molar-refractivity contribution is 0.628. The molecule has 2 aromatic heterocycles. The number of pyridine rings is 1. The number of aryl methyl sites for hydroxylation is 1. The Morgan fingerprint density at radius 2 is 1.71 bits per heavy atom. The Morgan fingerprint density at radius 3 is 2.48 bits per heavy atom. The molecule has 1 aliphatic heterocycles. The predicted octanol–water partition coefficient (Wildman–Crippen LogP) is 4.30. The van der Waals surface area contributed by atoms with Crippen LogP contribution >= 0.6 is 0 Å². The lowest BCUT2D eigenvalue weighted by Crippen LogP contribution is -1.96. The average Bonchev–Trinajstić information content (AvgIpc) is 3.10. The minimum atomic E-state index is -0.197. The van der Waals surface area contributed by atoms with Gasteiger partial charge in [0, 0.05) is 30.2 Å². The second-order valence-electron chi connectivity index (χ2n) is 5.40. The fourth-order valence-corrected chi connectivity index (χ4v) is 3.15. The molecule has 0 amide bonds. The summed E-state index contributed by atoms with van der Waals surface area (Å²) in [7, 11) is 0. The SMILES string of the molecule is Fc1ccc(-c2c(-c3ccncc3)cc3n2CCC3)cc1. The van der Waals surface area contributed by atoms with Crippen LogP contribution in [0.3, 0.4) is 0 Å². The van der Waals surface area contributed by atoms with E-state index in [1.165, 1.54) is 35.5 Å². The van der Waals surface area contributed by atoms with Crippen molar-refractivity contribution in [2.75, 3.05) is 0 Å². The molecule has 3 heteroatoms. The van der Waals surface area contributed by atoms with Gasteiger partial charge in [-0.25, -0.2) is 4.39 Å². The zero-order valence-corrected chi connectivity index (χ0v) is 11.6. The molecule has 0 saturated heterocycles. The maximum Gasteiger partial charge on any atom is 0.123 e. The van der Waals surface area contributed by atoms with E-state index < -0.39 is 0 Å². The van der Waals surface area contributed by atoms with E-state index in [4.69, 9.17) is 0 Å². The monoisotopic (exact) mass is 278 g/mol. The van der Waals surface area contributed by atoms with Gasteiger partial charge in [0.2, 0.25) is 0 Å². The van der Waals surface area contributed by atoms with Crippen molar-refractivity contribution in [3.05, 3.63) is 66.4 Å². The van der Waals surface area contributed by atoms with Crippen LogP contribution in [0.15, 0.2) is 54.9 Å². The van der Waals surface area contributed by atoms with E-state index in [1.54, 1.807) is 0 Å². The van der Waals surface area contributed by atoms with E-state index in [-0.39, 0.29) is 5.82 Å². The number of aromatic nitrogens is 2. The van der Waals surface area contributed by atoms with Crippen LogP contribution in [0, 0.1) is 5.82 Å². The second-order valence-corrected chi connectivity index (χ2v) is 5.40. The van der Waals surface area contributed by atoms with Crippen molar-refractivity contribution in [3.8, 4) is 22.4 Å². The van der Waals surface area contributed by atoms with Crippen molar-refractivity contribution in [2.45, 2.75) is 19.4 Å². The molecule has 0 spiro atoms. The largest absolute Gasteiger partial charge is 0.344 e. The minimum absolute atomic E-state index is 0.197. The van der Waals surface area contributed by atoms with Crippen LogP contribution in [0.25, 0.3) is 22.4 Å². The van der Waals surface area contributed by atoms with Crippen molar-refractivity contribution >= 4 is 0 Å². The molecule has 0 saturated carbocycles. The van der Waals surface area contributed by atoms with E-state index in [1.807, 2.05) is 36.7 Å². The number of halogens is 1. The van der Waals surface area contributed by atoms with Gasteiger partial charge in [-0.05, 0) is 66.4 Å². The Hall–Kier alpha value is -2.42. The third kappa shape index (κ3) is 2.05. The van der Waals surface area contributed by atoms with Crippen molar-refractivity contribution in [3.63, 3.8) is 0 Å². The summed E-state index contributed by atoms with van der Waals surface area (Å²) in [5.74, 6) is -0.197. The molecule has 21 heavy (non-hydrogen) atoms. The van der Waals surface area contributed by atoms with Crippen LogP contribution in [0.5, 0.6) is 0 Å². The number of fused-ring (bicyclic) bond motifs is 1. The van der Waals surface area contributed by atoms with Crippen LogP contribution in [0.2, 0.25) is 0 Å². The molecule has 3 heterocycles. The molecule has 0 fully saturated rings. The highest BCUT2D eigenvalue weighted by molar-refractivity contribution is 5.82. The first-order valence-corrected chi connectivity index (χ1v) is 7.22. The zero-order chi connectivity index (χ0) is 14.2. The highest BCUT2D eigenvalue weighted by atomic mass is 19.1. The van der Waals surface area contributed by atoms with Crippen LogP contribution in [-0.2, 0) is 13.0 Å². The molecule has 0 N–H and O–H groups in total. The molecule has 0 unspecified atom stereocenters. The summed E-state index contributed by atoms with van der Waals surface area (Å²) in [5.41, 5.74) is 5.98. The number of hydrogen-bond donors (Lipinski definition) is 0. The molecule has 104 valence electrons. The summed E-state index contributed by atoms with van der Waals surface area (Å²) >= 11 is 0. The van der Waals surface area contributed by atoms with E-state index in [2.05, 4.69) is 15.6 Å². The molecule has 1 aromatic carbocycles. The van der Waals surface area contributed by atoms with Crippen LogP contribution < -0.4 is 0 Å². The topological polar surface area (TPSA) is 17.8 Å². The van der Waals surface area contributed by atoms with Gasteiger partial charge in [-0.15, -0.1) is 0 Å². The molecular weight excluding hydrogens is 263 g/mol. The maximum absolute atomic E-state index is 13.2. The smallest absolute Gasteiger partial charge is 0.123 e. The summed E-state index contributed by atoms with van der Waals surface area (Å²) in [6, 6.07) is 13.1. The first-order chi connectivity index (χ1) is 10.3. The number of rotatable bonds is 2. The third-order valence-electron chi connectivity index (χ3n) is 4.11. The third-order valence-corrected chi connectivity index (χ3v) is 4.11. The van der Waals surface area contributed by atoms with E-state index in [9.17, 15) is 4.39 Å². The van der Waals surface area contributed by atoms with E-state index in [0.717, 1.165) is 24.1 Å². The Kier molecular flexibility index (Phi) is 2.85. The molecule has 0 atom stereocenters. The van der Waals surface area contributed by atoms with Gasteiger partial charge < -0.3 is 4.57 Å². The summed E-state index contributed by atoms with van der Waals surface area (Å²) in [6.45, 7) is 1.03. The summed E-state index contributed by atoms with van der Waals surface area (Å²) in [6.07, 6.45) is 5.92. The standard InChI is InChI=1S/C18H15FN2/c19-15-5-3-14(4-6-15)18-17(13-7-9-20-10-8-13)12-16-2-1-11-21(16)18/h3-10,12H,1-2,11H2. The van der Waals surface area contributed by atoms with Gasteiger partial charge in [-0.1, -0.05) is 0 Å². The highest BCUT2D eigenvalue weighted by Crippen LogP contribution is 2.37. The van der Waals surface area contributed by atoms with Gasteiger partial charge in [0.05, 0.1) is 5.69 Å². The lowest BCUT2D eigenvalue weighted by atomic mass is 10.0. The summed E-state index contributed by atoms with van der Waals surface area (Å²) < 4.78 is 15.6. The first kappa shape index (κ1) is 12.3. The van der Waals surface area contributed by atoms with Crippen molar-refractivity contribution < 1.29 is 4.39 Å². The fraction of sp³-hybridized carbons (Fsp3) is 0.167. The summed E-state index contributed by atoms with van der Waals surface area (Å²) in [5, 5.41) is 0. The zero-order valence-electron chi connectivity index (χ0n) is 11.6. The van der Waals surface area contributed by atoms with Crippen molar-refractivity contribution in [1.29, 1.82) is 0 Å².